The largest absolute Gasteiger partial charge is 0.323 e. The van der Waals surface area contributed by atoms with E-state index in [1.165, 1.54) is 21.6 Å². The van der Waals surface area contributed by atoms with Gasteiger partial charge in [0.25, 0.3) is 0 Å². The van der Waals surface area contributed by atoms with Gasteiger partial charge in [0.2, 0.25) is 0 Å². The highest BCUT2D eigenvalue weighted by molar-refractivity contribution is 7.99. The molecule has 0 radical (unpaired) electrons. The van der Waals surface area contributed by atoms with E-state index >= 15 is 0 Å². The molecular weight excluding hydrogens is 238 g/mol. The first kappa shape index (κ1) is 13.2. The molecule has 1 nitrogen and oxygen atoms in total. The van der Waals surface area contributed by atoms with Crippen molar-refractivity contribution in [1.82, 2.24) is 0 Å². The zero-order valence-corrected chi connectivity index (χ0v) is 11.7. The second-order valence-electron chi connectivity index (χ2n) is 4.59. The molecular formula is C16H19NS. The summed E-state index contributed by atoms with van der Waals surface area (Å²) in [5, 5.41) is 0. The van der Waals surface area contributed by atoms with Gasteiger partial charge in [-0.15, -0.1) is 11.8 Å². The smallest absolute Gasteiger partial charge is 0.0393 e. The molecule has 2 aromatic rings. The monoisotopic (exact) mass is 257 g/mol. The topological polar surface area (TPSA) is 26.0 Å². The molecule has 1 unspecified atom stereocenters. The van der Waals surface area contributed by atoms with Crippen molar-refractivity contribution in [3.63, 3.8) is 0 Å². The molecule has 0 amide bonds. The van der Waals surface area contributed by atoms with Gasteiger partial charge in [0.05, 0.1) is 0 Å². The second-order valence-corrected chi connectivity index (χ2v) is 5.68. The van der Waals surface area contributed by atoms with Crippen molar-refractivity contribution < 1.29 is 0 Å². The predicted octanol–water partition coefficient (Wildman–Crippen LogP) is 4.10. The first-order chi connectivity index (χ1) is 8.66. The fraction of sp³-hybridized carbons (Fsp3) is 0.250. The van der Waals surface area contributed by atoms with Gasteiger partial charge in [-0.05, 0) is 37.1 Å². The number of thioether (sulfide) groups is 1. The summed E-state index contributed by atoms with van der Waals surface area (Å²) in [5.41, 5.74) is 10.1. The minimum Gasteiger partial charge on any atom is -0.323 e. The van der Waals surface area contributed by atoms with Crippen LogP contribution in [-0.2, 0) is 0 Å². The fourth-order valence-corrected chi connectivity index (χ4v) is 2.85. The molecule has 18 heavy (non-hydrogen) atoms. The molecule has 0 aliphatic heterocycles. The Kier molecular flexibility index (Phi) is 4.45. The summed E-state index contributed by atoms with van der Waals surface area (Å²) in [6.07, 6.45) is 0. The van der Waals surface area contributed by atoms with E-state index in [1.807, 2.05) is 17.8 Å². The van der Waals surface area contributed by atoms with Gasteiger partial charge in [-0.25, -0.2) is 0 Å². The lowest BCUT2D eigenvalue weighted by atomic mass is 10.0. The van der Waals surface area contributed by atoms with Gasteiger partial charge in [0.1, 0.15) is 0 Å². The van der Waals surface area contributed by atoms with Gasteiger partial charge in [-0.1, -0.05) is 42.0 Å². The van der Waals surface area contributed by atoms with E-state index in [0.29, 0.717) is 0 Å². The van der Waals surface area contributed by atoms with Crippen LogP contribution >= 0.6 is 11.8 Å². The zero-order valence-electron chi connectivity index (χ0n) is 10.9. The normalized spacial score (nSPS) is 12.4. The van der Waals surface area contributed by atoms with E-state index in [2.05, 4.69) is 56.3 Å². The highest BCUT2D eigenvalue weighted by atomic mass is 32.2. The van der Waals surface area contributed by atoms with Crippen molar-refractivity contribution >= 4 is 11.8 Å². The predicted molar refractivity (Wildman–Crippen MR) is 80.0 cm³/mol. The third-order valence-electron chi connectivity index (χ3n) is 3.01. The molecule has 0 aliphatic carbocycles. The number of hydrogen-bond acceptors (Lipinski definition) is 2. The fourth-order valence-electron chi connectivity index (χ4n) is 1.95. The van der Waals surface area contributed by atoms with E-state index < -0.39 is 0 Å². The molecule has 0 saturated carbocycles. The van der Waals surface area contributed by atoms with Crippen LogP contribution in [0.25, 0.3) is 0 Å². The minimum atomic E-state index is 0.0927. The van der Waals surface area contributed by atoms with Crippen molar-refractivity contribution in [2.24, 2.45) is 5.73 Å². The molecule has 0 heterocycles. The number of nitrogens with two attached hydrogens (primary N) is 1. The molecule has 2 heteroatoms. The molecule has 0 bridgehead atoms. The summed E-state index contributed by atoms with van der Waals surface area (Å²) in [6.45, 7) is 4.24. The highest BCUT2D eigenvalue weighted by Crippen LogP contribution is 2.25. The van der Waals surface area contributed by atoms with Crippen molar-refractivity contribution in [3.05, 3.63) is 65.2 Å². The SMILES string of the molecule is Cc1ccc(C)c(C(N)CSc2ccccc2)c1. The van der Waals surface area contributed by atoms with Crippen molar-refractivity contribution in [1.29, 1.82) is 0 Å². The summed E-state index contributed by atoms with van der Waals surface area (Å²) in [7, 11) is 0. The van der Waals surface area contributed by atoms with E-state index in [9.17, 15) is 0 Å². The Morgan fingerprint density at radius 1 is 1.06 bits per heavy atom. The standard InChI is InChI=1S/C16H19NS/c1-12-8-9-13(2)15(10-12)16(17)11-18-14-6-4-3-5-7-14/h3-10,16H,11,17H2,1-2H3. The van der Waals surface area contributed by atoms with Crippen molar-refractivity contribution in [3.8, 4) is 0 Å². The molecule has 0 spiro atoms. The number of aryl methyl sites for hydroxylation is 2. The van der Waals surface area contributed by atoms with Crippen LogP contribution in [0.4, 0.5) is 0 Å². The van der Waals surface area contributed by atoms with Crippen LogP contribution in [0.15, 0.2) is 53.4 Å². The first-order valence-corrected chi connectivity index (χ1v) is 7.16. The van der Waals surface area contributed by atoms with Crippen LogP contribution in [0.5, 0.6) is 0 Å². The molecule has 2 N–H and O–H groups in total. The van der Waals surface area contributed by atoms with Gasteiger partial charge >= 0.3 is 0 Å². The number of rotatable bonds is 4. The molecule has 0 aromatic heterocycles. The second kappa shape index (κ2) is 6.07. The molecule has 2 aromatic carbocycles. The lowest BCUT2D eigenvalue weighted by Crippen LogP contribution is -2.14. The maximum atomic E-state index is 6.29. The third kappa shape index (κ3) is 3.37. The van der Waals surface area contributed by atoms with Gasteiger partial charge in [0, 0.05) is 16.7 Å². The Labute approximate surface area is 113 Å². The summed E-state index contributed by atoms with van der Waals surface area (Å²) >= 11 is 1.81. The van der Waals surface area contributed by atoms with Gasteiger partial charge < -0.3 is 5.73 Å². The Morgan fingerprint density at radius 2 is 1.78 bits per heavy atom. The van der Waals surface area contributed by atoms with E-state index in [1.54, 1.807) is 0 Å². The summed E-state index contributed by atoms with van der Waals surface area (Å²) in [5.74, 6) is 0.911. The van der Waals surface area contributed by atoms with E-state index in [-0.39, 0.29) is 6.04 Å². The average Bonchev–Trinajstić information content (AvgIpc) is 2.40. The van der Waals surface area contributed by atoms with Gasteiger partial charge in [-0.3, -0.25) is 0 Å². The summed E-state index contributed by atoms with van der Waals surface area (Å²) in [4.78, 5) is 1.28. The molecule has 0 aliphatic rings. The number of hydrogen-bond donors (Lipinski definition) is 1. The summed E-state index contributed by atoms with van der Waals surface area (Å²) < 4.78 is 0. The van der Waals surface area contributed by atoms with Crippen LogP contribution in [-0.4, -0.2) is 5.75 Å². The zero-order chi connectivity index (χ0) is 13.0. The van der Waals surface area contributed by atoms with Gasteiger partial charge in [0.15, 0.2) is 0 Å². The van der Waals surface area contributed by atoms with Crippen molar-refractivity contribution in [2.45, 2.75) is 24.8 Å². The van der Waals surface area contributed by atoms with Crippen LogP contribution < -0.4 is 5.73 Å². The average molecular weight is 257 g/mol. The number of benzene rings is 2. The molecule has 2 rings (SSSR count). The quantitative estimate of drug-likeness (QED) is 0.835. The molecule has 0 saturated heterocycles. The molecule has 94 valence electrons. The third-order valence-corrected chi connectivity index (χ3v) is 4.14. The van der Waals surface area contributed by atoms with Crippen LogP contribution in [0.1, 0.15) is 22.7 Å². The maximum absolute atomic E-state index is 6.29. The van der Waals surface area contributed by atoms with E-state index in [0.717, 1.165) is 5.75 Å². The highest BCUT2D eigenvalue weighted by Gasteiger charge is 2.09. The Morgan fingerprint density at radius 3 is 2.50 bits per heavy atom. The lowest BCUT2D eigenvalue weighted by Gasteiger charge is -2.15. The van der Waals surface area contributed by atoms with Crippen molar-refractivity contribution in [2.75, 3.05) is 5.75 Å². The molecule has 1 atom stereocenters. The van der Waals surface area contributed by atoms with Crippen LogP contribution in [0, 0.1) is 13.8 Å². The lowest BCUT2D eigenvalue weighted by molar-refractivity contribution is 0.821. The van der Waals surface area contributed by atoms with Crippen LogP contribution in [0.2, 0.25) is 0 Å². The van der Waals surface area contributed by atoms with E-state index in [4.69, 9.17) is 5.73 Å². The van der Waals surface area contributed by atoms with Crippen LogP contribution in [0.3, 0.4) is 0 Å². The first-order valence-electron chi connectivity index (χ1n) is 6.17. The Balaban J connectivity index is 2.03. The maximum Gasteiger partial charge on any atom is 0.0393 e. The minimum absolute atomic E-state index is 0.0927. The Bertz CT molecular complexity index is 508. The Hall–Kier alpha value is -1.25. The van der Waals surface area contributed by atoms with Gasteiger partial charge in [-0.2, -0.15) is 0 Å². The molecule has 0 fully saturated rings. The summed E-state index contributed by atoms with van der Waals surface area (Å²) in [6, 6.07) is 17.0.